The largest absolute Gasteiger partial charge is 0.486 e. The molecule has 1 unspecified atom stereocenters. The fraction of sp³-hybridized carbons (Fsp3) is 0.120. The van der Waals surface area contributed by atoms with E-state index in [1.54, 1.807) is 24.0 Å². The lowest BCUT2D eigenvalue weighted by Gasteiger charge is -2.28. The highest BCUT2D eigenvalue weighted by Gasteiger charge is 2.27. The van der Waals surface area contributed by atoms with Crippen LogP contribution in [0.4, 0.5) is 5.69 Å². The Kier molecular flexibility index (Phi) is 6.98. The minimum atomic E-state index is -0.830. The molecule has 0 spiro atoms. The molecule has 1 aromatic heterocycles. The summed E-state index contributed by atoms with van der Waals surface area (Å²) in [7, 11) is -0.560. The zero-order valence-electron chi connectivity index (χ0n) is 18.4. The van der Waals surface area contributed by atoms with E-state index >= 15 is 0 Å². The number of carbonyl (C=O) groups is 1. The molecule has 2 aliphatic rings. The summed E-state index contributed by atoms with van der Waals surface area (Å²) in [5, 5.41) is 17.1. The number of fused-ring (bicyclic) bond motifs is 1. The minimum Gasteiger partial charge on any atom is -0.486 e. The van der Waals surface area contributed by atoms with E-state index < -0.39 is 16.5 Å². The van der Waals surface area contributed by atoms with Crippen LogP contribution in [-0.4, -0.2) is 38.0 Å². The maximum absolute atomic E-state index is 11.5. The fourth-order valence-electron chi connectivity index (χ4n) is 3.70. The van der Waals surface area contributed by atoms with Gasteiger partial charge < -0.3 is 20.1 Å². The molecule has 2 N–H and O–H groups in total. The molecule has 5 rings (SSSR count). The lowest BCUT2D eigenvalue weighted by atomic mass is 10.1. The number of hydrogen-bond acceptors (Lipinski definition) is 7. The van der Waals surface area contributed by atoms with Crippen molar-refractivity contribution < 1.29 is 14.6 Å². The first kappa shape index (κ1) is 23.3. The van der Waals surface area contributed by atoms with Crippen LogP contribution >= 0.6 is 33.4 Å². The van der Waals surface area contributed by atoms with E-state index in [1.165, 1.54) is 11.3 Å². The van der Waals surface area contributed by atoms with Gasteiger partial charge in [-0.3, -0.25) is 4.79 Å². The van der Waals surface area contributed by atoms with Gasteiger partial charge in [0.2, 0.25) is 0 Å². The summed E-state index contributed by atoms with van der Waals surface area (Å²) in [6.45, 7) is 0.958. The van der Waals surface area contributed by atoms with E-state index in [0.717, 1.165) is 27.5 Å². The maximum Gasteiger partial charge on any atom is 0.313 e. The minimum absolute atomic E-state index is 0.0403. The topological polar surface area (TPSA) is 87.0 Å². The van der Waals surface area contributed by atoms with E-state index in [-0.39, 0.29) is 5.75 Å². The number of halogens is 1. The Balaban J connectivity index is 1.38. The van der Waals surface area contributed by atoms with Crippen molar-refractivity contribution in [2.75, 3.05) is 11.1 Å². The molecule has 0 amide bonds. The molecule has 0 radical (unpaired) electrons. The predicted octanol–water partition coefficient (Wildman–Crippen LogP) is 5.55. The number of nitrogens with zero attached hydrogens (tertiary/aromatic N) is 3. The smallest absolute Gasteiger partial charge is 0.313 e. The highest BCUT2D eigenvalue weighted by atomic mass is 35.5. The molecule has 0 fully saturated rings. The van der Waals surface area contributed by atoms with Gasteiger partial charge in [-0.05, 0) is 35.2 Å². The lowest BCUT2D eigenvalue weighted by molar-refractivity contribution is -0.133. The van der Waals surface area contributed by atoms with E-state index in [2.05, 4.69) is 15.3 Å². The first-order valence-corrected chi connectivity index (χ1v) is 13.5. The number of thiazole rings is 1. The second kappa shape index (κ2) is 10.5. The molecule has 0 aliphatic carbocycles. The third-order valence-corrected chi connectivity index (χ3v) is 8.15. The fourth-order valence-corrected chi connectivity index (χ4v) is 6.26. The van der Waals surface area contributed by atoms with Crippen LogP contribution < -0.4 is 10.1 Å². The lowest BCUT2D eigenvalue weighted by Crippen LogP contribution is -2.33. The summed E-state index contributed by atoms with van der Waals surface area (Å²) in [5.74, 6) is 0.426. The number of aromatic nitrogens is 1. The van der Waals surface area contributed by atoms with Crippen LogP contribution in [0.1, 0.15) is 11.3 Å². The number of carboxylic acid groups (broad SMARTS) is 1. The number of nitrogens with one attached hydrogen (secondary N) is 1. The molecular formula is C25H21ClN4O3S2. The summed E-state index contributed by atoms with van der Waals surface area (Å²) in [4.78, 5) is 23.4. The van der Waals surface area contributed by atoms with E-state index in [1.807, 2.05) is 58.2 Å². The highest BCUT2D eigenvalue weighted by molar-refractivity contribution is 8.19. The normalized spacial score (nSPS) is 16.5. The van der Waals surface area contributed by atoms with E-state index in [9.17, 15) is 9.90 Å². The van der Waals surface area contributed by atoms with Crippen molar-refractivity contribution in [3.63, 3.8) is 0 Å². The van der Waals surface area contributed by atoms with Crippen LogP contribution in [-0.2, 0) is 17.9 Å². The van der Waals surface area contributed by atoms with Gasteiger partial charge in [0.1, 0.15) is 18.2 Å². The van der Waals surface area contributed by atoms with Crippen LogP contribution in [0.25, 0.3) is 0 Å². The second-order valence-electron chi connectivity index (χ2n) is 7.73. The van der Waals surface area contributed by atoms with Gasteiger partial charge in [0.05, 0.1) is 33.3 Å². The molecule has 10 heteroatoms. The Bertz CT molecular complexity index is 1370. The summed E-state index contributed by atoms with van der Waals surface area (Å²) in [5.41, 5.74) is 5.37. The molecule has 35 heavy (non-hydrogen) atoms. The highest BCUT2D eigenvalue weighted by Crippen LogP contribution is 2.36. The molecular weight excluding hydrogens is 504 g/mol. The first-order valence-electron chi connectivity index (χ1n) is 10.7. The van der Waals surface area contributed by atoms with Gasteiger partial charge in [-0.2, -0.15) is 0 Å². The van der Waals surface area contributed by atoms with Crippen molar-refractivity contribution in [3.05, 3.63) is 98.6 Å². The summed E-state index contributed by atoms with van der Waals surface area (Å²) in [6, 6.07) is 15.5. The quantitative estimate of drug-likeness (QED) is 0.357. The number of benzene rings is 2. The van der Waals surface area contributed by atoms with Crippen LogP contribution in [0.2, 0.25) is 5.02 Å². The Morgan fingerprint density at radius 2 is 2.09 bits per heavy atom. The third-order valence-electron chi connectivity index (χ3n) is 5.25. The third kappa shape index (κ3) is 5.48. The molecule has 0 saturated carbocycles. The molecule has 0 bridgehead atoms. The number of aliphatic carboxylic acids is 1. The van der Waals surface area contributed by atoms with Crippen molar-refractivity contribution in [3.8, 4) is 5.75 Å². The van der Waals surface area contributed by atoms with Crippen LogP contribution in [0.15, 0.2) is 87.3 Å². The SMILES string of the molecule is O=C(O)CS1=C2C(=C(Nc3ccc(OCc4cscn4)c(Cl)c3)N=CN2Cc2ccccc2)C=C1. The second-order valence-corrected chi connectivity index (χ2v) is 10.7. The summed E-state index contributed by atoms with van der Waals surface area (Å²) >= 11 is 7.98. The predicted molar refractivity (Wildman–Crippen MR) is 143 cm³/mol. The number of hydrogen-bond donors (Lipinski definition) is 2. The Morgan fingerprint density at radius 3 is 2.83 bits per heavy atom. The number of ether oxygens (including phenoxy) is 1. The Labute approximate surface area is 214 Å². The van der Waals surface area contributed by atoms with Crippen LogP contribution in [0, 0.1) is 0 Å². The number of carboxylic acids is 1. The zero-order chi connectivity index (χ0) is 24.2. The average molecular weight is 525 g/mol. The van der Waals surface area contributed by atoms with E-state index in [4.69, 9.17) is 16.3 Å². The van der Waals surface area contributed by atoms with Gasteiger partial charge in [-0.15, -0.1) is 21.8 Å². The van der Waals surface area contributed by atoms with Crippen molar-refractivity contribution in [2.45, 2.75) is 13.2 Å². The van der Waals surface area contributed by atoms with Crippen molar-refractivity contribution in [2.24, 2.45) is 4.99 Å². The first-order chi connectivity index (χ1) is 17.1. The van der Waals surface area contributed by atoms with Gasteiger partial charge >= 0.3 is 5.97 Å². The molecule has 3 heterocycles. The molecule has 2 aromatic carbocycles. The summed E-state index contributed by atoms with van der Waals surface area (Å²) in [6.07, 6.45) is 3.71. The average Bonchev–Trinajstić information content (AvgIpc) is 3.51. The molecule has 3 aromatic rings. The zero-order valence-corrected chi connectivity index (χ0v) is 20.8. The number of aliphatic imine (C=N–C) groups is 1. The molecule has 7 nitrogen and oxygen atoms in total. The van der Waals surface area contributed by atoms with Gasteiger partial charge in [-0.25, -0.2) is 9.98 Å². The Morgan fingerprint density at radius 1 is 1.23 bits per heavy atom. The van der Waals surface area contributed by atoms with E-state index in [0.29, 0.717) is 29.7 Å². The summed E-state index contributed by atoms with van der Waals surface area (Å²) < 4.78 is 5.78. The van der Waals surface area contributed by atoms with Crippen LogP contribution in [0.3, 0.4) is 0 Å². The molecule has 0 saturated heterocycles. The molecule has 1 atom stereocenters. The van der Waals surface area contributed by atoms with Crippen LogP contribution in [0.5, 0.6) is 5.75 Å². The van der Waals surface area contributed by atoms with Gasteiger partial charge in [0.25, 0.3) is 0 Å². The molecule has 178 valence electrons. The van der Waals surface area contributed by atoms with Crippen molar-refractivity contribution >= 4 is 56.4 Å². The van der Waals surface area contributed by atoms with Gasteiger partial charge in [-0.1, -0.05) is 41.9 Å². The number of anilines is 1. The number of rotatable bonds is 9. The standard InChI is InChI=1S/C25H21ClN4O3S2/c26-21-10-18(6-7-22(21)33-12-19-13-34-16-28-19)29-24-20-8-9-35(14-23(31)32)25(20)30(15-27-24)11-17-4-2-1-3-5-17/h1-10,13,15-16,29H,11-12,14H2,(H,31,32). The van der Waals surface area contributed by atoms with Gasteiger partial charge in [0, 0.05) is 23.2 Å². The van der Waals surface area contributed by atoms with Crippen molar-refractivity contribution in [1.29, 1.82) is 0 Å². The van der Waals surface area contributed by atoms with Gasteiger partial charge in [0.15, 0.2) is 0 Å². The molecule has 2 aliphatic heterocycles. The van der Waals surface area contributed by atoms with Crippen molar-refractivity contribution in [1.82, 2.24) is 9.88 Å². The monoisotopic (exact) mass is 524 g/mol. The maximum atomic E-state index is 11.5. The Hall–Kier alpha value is -3.40.